The summed E-state index contributed by atoms with van der Waals surface area (Å²) in [4.78, 5) is 0. The predicted molar refractivity (Wildman–Crippen MR) is 78.5 cm³/mol. The molecule has 0 aliphatic heterocycles. The molecule has 0 fully saturated rings. The number of hydrogen-bond acceptors (Lipinski definition) is 5. The first-order valence-corrected chi connectivity index (χ1v) is 7.43. The number of para-hydroxylation sites is 1. The summed E-state index contributed by atoms with van der Waals surface area (Å²) >= 11 is 1.84. The van der Waals surface area contributed by atoms with Gasteiger partial charge in [-0.05, 0) is 42.7 Å². The average Bonchev–Trinajstić information content (AvgIpc) is 2.88. The molecule has 0 atom stereocenters. The van der Waals surface area contributed by atoms with Crippen LogP contribution < -0.4 is 5.32 Å². The molecule has 2 aromatic rings. The van der Waals surface area contributed by atoms with E-state index in [9.17, 15) is 0 Å². The summed E-state index contributed by atoms with van der Waals surface area (Å²) in [5.74, 6) is 0.822. The van der Waals surface area contributed by atoms with Crippen molar-refractivity contribution in [2.45, 2.75) is 25.1 Å². The van der Waals surface area contributed by atoms with Crippen molar-refractivity contribution in [2.75, 3.05) is 12.8 Å². The Balaban J connectivity index is 2.01. The third-order valence-corrected chi connectivity index (χ3v) is 4.17. The van der Waals surface area contributed by atoms with Gasteiger partial charge in [0.05, 0.1) is 12.2 Å². The molecule has 0 bridgehead atoms. The van der Waals surface area contributed by atoms with Gasteiger partial charge < -0.3 is 5.32 Å². The van der Waals surface area contributed by atoms with Crippen molar-refractivity contribution in [3.05, 3.63) is 36.2 Å². The van der Waals surface area contributed by atoms with E-state index >= 15 is 0 Å². The summed E-state index contributed by atoms with van der Waals surface area (Å²) in [6.45, 7) is 6.00. The number of benzene rings is 1. The Hall–Kier alpha value is -1.40. The number of tetrazole rings is 1. The van der Waals surface area contributed by atoms with Crippen LogP contribution in [-0.2, 0) is 6.54 Å². The third-order valence-electron chi connectivity index (χ3n) is 2.92. The zero-order valence-electron chi connectivity index (χ0n) is 11.5. The van der Waals surface area contributed by atoms with Gasteiger partial charge in [-0.3, -0.25) is 0 Å². The molecule has 1 aromatic carbocycles. The molecule has 1 N–H and O–H groups in total. The van der Waals surface area contributed by atoms with E-state index < -0.39 is 0 Å². The van der Waals surface area contributed by atoms with Crippen molar-refractivity contribution in [3.8, 4) is 5.69 Å². The van der Waals surface area contributed by atoms with Crippen LogP contribution in [-0.4, -0.2) is 37.8 Å². The van der Waals surface area contributed by atoms with Crippen LogP contribution in [0.15, 0.2) is 30.3 Å². The fourth-order valence-electron chi connectivity index (χ4n) is 1.63. The van der Waals surface area contributed by atoms with Crippen LogP contribution in [0.2, 0.25) is 0 Å². The summed E-state index contributed by atoms with van der Waals surface area (Å²) in [6.07, 6.45) is 2.12. The second-order valence-electron chi connectivity index (χ2n) is 4.91. The molecule has 0 amide bonds. The molecule has 19 heavy (non-hydrogen) atoms. The number of nitrogens with one attached hydrogen (secondary N) is 1. The lowest BCUT2D eigenvalue weighted by Gasteiger charge is -2.22. The molecule has 0 aliphatic rings. The highest BCUT2D eigenvalue weighted by molar-refractivity contribution is 7.99. The molecular weight excluding hydrogens is 258 g/mol. The molecule has 0 saturated heterocycles. The van der Waals surface area contributed by atoms with Crippen LogP contribution in [0, 0.1) is 0 Å². The zero-order valence-corrected chi connectivity index (χ0v) is 12.3. The van der Waals surface area contributed by atoms with E-state index in [0.717, 1.165) is 18.1 Å². The lowest BCUT2D eigenvalue weighted by Crippen LogP contribution is -2.32. The molecule has 0 aliphatic carbocycles. The largest absolute Gasteiger partial charge is 0.308 e. The van der Waals surface area contributed by atoms with Crippen LogP contribution >= 0.6 is 11.8 Å². The molecule has 0 spiro atoms. The maximum atomic E-state index is 4.07. The van der Waals surface area contributed by atoms with Crippen LogP contribution in [0.25, 0.3) is 5.69 Å². The Kier molecular flexibility index (Phi) is 4.55. The Morgan fingerprint density at radius 3 is 2.68 bits per heavy atom. The average molecular weight is 277 g/mol. The fraction of sp³-hybridized carbons (Fsp3) is 0.462. The standard InChI is InChI=1S/C13H19N5S/c1-13(2,19-3)10-14-9-12-15-16-17-18(12)11-7-5-4-6-8-11/h4-8,14H,9-10H2,1-3H3. The predicted octanol–water partition coefficient (Wildman–Crippen LogP) is 1.89. The minimum absolute atomic E-state index is 0.213. The molecule has 0 unspecified atom stereocenters. The molecule has 5 nitrogen and oxygen atoms in total. The highest BCUT2D eigenvalue weighted by Gasteiger charge is 2.16. The summed E-state index contributed by atoms with van der Waals surface area (Å²) in [5, 5.41) is 15.3. The van der Waals surface area contributed by atoms with Crippen LogP contribution in [0.3, 0.4) is 0 Å². The smallest absolute Gasteiger partial charge is 0.170 e. The van der Waals surface area contributed by atoms with Crippen molar-refractivity contribution in [3.63, 3.8) is 0 Å². The van der Waals surface area contributed by atoms with Gasteiger partial charge in [-0.15, -0.1) is 5.10 Å². The summed E-state index contributed by atoms with van der Waals surface area (Å²) < 4.78 is 1.98. The van der Waals surface area contributed by atoms with Gasteiger partial charge in [0.2, 0.25) is 0 Å². The van der Waals surface area contributed by atoms with Crippen molar-refractivity contribution < 1.29 is 0 Å². The van der Waals surface area contributed by atoms with Gasteiger partial charge in [-0.25, -0.2) is 0 Å². The Bertz CT molecular complexity index is 509. The van der Waals surface area contributed by atoms with E-state index in [1.807, 2.05) is 42.1 Å². The first-order chi connectivity index (χ1) is 9.12. The SMILES string of the molecule is CSC(C)(C)CNCc1nnnn1-c1ccccc1. The van der Waals surface area contributed by atoms with Gasteiger partial charge in [0.1, 0.15) is 0 Å². The molecular formula is C13H19N5S. The Morgan fingerprint density at radius 2 is 2.00 bits per heavy atom. The summed E-state index contributed by atoms with van der Waals surface area (Å²) in [6, 6.07) is 9.92. The minimum atomic E-state index is 0.213. The number of nitrogens with zero attached hydrogens (tertiary/aromatic N) is 4. The van der Waals surface area contributed by atoms with E-state index in [1.54, 1.807) is 4.68 Å². The molecule has 6 heteroatoms. The van der Waals surface area contributed by atoms with E-state index in [4.69, 9.17) is 0 Å². The first-order valence-electron chi connectivity index (χ1n) is 6.21. The topological polar surface area (TPSA) is 55.6 Å². The molecule has 1 heterocycles. The Labute approximate surface area is 117 Å². The van der Waals surface area contributed by atoms with E-state index in [1.165, 1.54) is 0 Å². The number of hydrogen-bond donors (Lipinski definition) is 1. The molecule has 1 aromatic heterocycles. The van der Waals surface area contributed by atoms with Gasteiger partial charge in [-0.1, -0.05) is 18.2 Å². The van der Waals surface area contributed by atoms with Crippen molar-refractivity contribution >= 4 is 11.8 Å². The van der Waals surface area contributed by atoms with E-state index in [-0.39, 0.29) is 4.75 Å². The lowest BCUT2D eigenvalue weighted by molar-refractivity contribution is 0.570. The second-order valence-corrected chi connectivity index (χ2v) is 6.42. The fourth-order valence-corrected chi connectivity index (χ4v) is 1.88. The maximum absolute atomic E-state index is 4.07. The summed E-state index contributed by atoms with van der Waals surface area (Å²) in [7, 11) is 0. The first kappa shape index (κ1) is 14.0. The zero-order chi connectivity index (χ0) is 13.7. The second kappa shape index (κ2) is 6.16. The van der Waals surface area contributed by atoms with Crippen molar-refractivity contribution in [1.82, 2.24) is 25.5 Å². The number of rotatable bonds is 6. The van der Waals surface area contributed by atoms with Crippen LogP contribution in [0.1, 0.15) is 19.7 Å². The third kappa shape index (κ3) is 3.78. The highest BCUT2D eigenvalue weighted by Crippen LogP contribution is 2.19. The van der Waals surface area contributed by atoms with Gasteiger partial charge in [0.25, 0.3) is 0 Å². The Morgan fingerprint density at radius 1 is 1.26 bits per heavy atom. The van der Waals surface area contributed by atoms with Gasteiger partial charge in [-0.2, -0.15) is 16.4 Å². The molecule has 0 radical (unpaired) electrons. The monoisotopic (exact) mass is 277 g/mol. The van der Waals surface area contributed by atoms with Gasteiger partial charge >= 0.3 is 0 Å². The van der Waals surface area contributed by atoms with Crippen molar-refractivity contribution in [2.24, 2.45) is 0 Å². The van der Waals surface area contributed by atoms with Crippen LogP contribution in [0.4, 0.5) is 0 Å². The summed E-state index contributed by atoms with van der Waals surface area (Å²) in [5.41, 5.74) is 0.980. The normalized spacial score (nSPS) is 11.7. The van der Waals surface area contributed by atoms with Gasteiger partial charge in [0, 0.05) is 11.3 Å². The maximum Gasteiger partial charge on any atom is 0.170 e. The lowest BCUT2D eigenvalue weighted by atomic mass is 10.2. The van der Waals surface area contributed by atoms with Gasteiger partial charge in [0.15, 0.2) is 5.82 Å². The van der Waals surface area contributed by atoms with E-state index in [2.05, 4.69) is 40.9 Å². The van der Waals surface area contributed by atoms with Crippen molar-refractivity contribution in [1.29, 1.82) is 0 Å². The van der Waals surface area contributed by atoms with E-state index in [0.29, 0.717) is 6.54 Å². The molecule has 2 rings (SSSR count). The highest BCUT2D eigenvalue weighted by atomic mass is 32.2. The quantitative estimate of drug-likeness (QED) is 0.874. The molecule has 102 valence electrons. The number of aromatic nitrogens is 4. The van der Waals surface area contributed by atoms with Crippen LogP contribution in [0.5, 0.6) is 0 Å². The number of thioether (sulfide) groups is 1. The molecule has 0 saturated carbocycles. The minimum Gasteiger partial charge on any atom is -0.308 e.